The van der Waals surface area contributed by atoms with Crippen molar-refractivity contribution < 1.29 is 14.3 Å². The summed E-state index contributed by atoms with van der Waals surface area (Å²) in [6.07, 6.45) is 0.281. The van der Waals surface area contributed by atoms with Crippen LogP contribution >= 0.6 is 0 Å². The molecule has 2 aliphatic rings. The van der Waals surface area contributed by atoms with E-state index in [1.807, 2.05) is 36.1 Å². The highest BCUT2D eigenvalue weighted by molar-refractivity contribution is 6.00. The van der Waals surface area contributed by atoms with Gasteiger partial charge in [-0.3, -0.25) is 9.59 Å². The molecule has 2 aromatic carbocycles. The molecule has 0 aliphatic carbocycles. The van der Waals surface area contributed by atoms with Crippen LogP contribution in [0.15, 0.2) is 42.5 Å². The van der Waals surface area contributed by atoms with Gasteiger partial charge < -0.3 is 19.4 Å². The third kappa shape index (κ3) is 4.38. The molecule has 6 heteroatoms. The number of aryl methyl sites for hydroxylation is 1. The van der Waals surface area contributed by atoms with Gasteiger partial charge in [0.25, 0.3) is 0 Å². The van der Waals surface area contributed by atoms with Gasteiger partial charge in [-0.1, -0.05) is 12.1 Å². The number of piperazine rings is 1. The van der Waals surface area contributed by atoms with Gasteiger partial charge >= 0.3 is 0 Å². The van der Waals surface area contributed by atoms with Crippen LogP contribution in [0.4, 0.5) is 11.4 Å². The van der Waals surface area contributed by atoms with E-state index in [4.69, 9.17) is 4.74 Å². The molecule has 2 amide bonds. The molecule has 31 heavy (non-hydrogen) atoms. The number of anilines is 2. The van der Waals surface area contributed by atoms with Gasteiger partial charge in [0.15, 0.2) is 0 Å². The Balaban J connectivity index is 1.36. The van der Waals surface area contributed by atoms with Crippen molar-refractivity contribution in [1.82, 2.24) is 4.90 Å². The summed E-state index contributed by atoms with van der Waals surface area (Å²) in [6, 6.07) is 13.9. The maximum absolute atomic E-state index is 13.1. The van der Waals surface area contributed by atoms with Gasteiger partial charge in [-0.15, -0.1) is 0 Å². The Kier molecular flexibility index (Phi) is 6.16. The van der Waals surface area contributed by atoms with Crippen molar-refractivity contribution >= 4 is 23.2 Å². The van der Waals surface area contributed by atoms with Gasteiger partial charge in [0.2, 0.25) is 11.8 Å². The molecule has 0 bridgehead atoms. The average Bonchev–Trinajstić information content (AvgIpc) is 3.18. The summed E-state index contributed by atoms with van der Waals surface area (Å²) in [7, 11) is 0. The molecule has 0 spiro atoms. The van der Waals surface area contributed by atoms with Crippen molar-refractivity contribution in [3.8, 4) is 5.75 Å². The standard InChI is InChI=1S/C25H31N3O3/c1-4-31-22-10-8-21(9-11-22)28-17-20(16-24(28)29)25(30)27-14-12-26(13-15-27)23-7-5-6-18(2)19(23)3/h5-11,20H,4,12-17H2,1-3H3/t20-/m1/s1. The number of hydrogen-bond donors (Lipinski definition) is 0. The average molecular weight is 422 g/mol. The zero-order valence-corrected chi connectivity index (χ0v) is 18.6. The minimum absolute atomic E-state index is 0.0107. The molecule has 2 fully saturated rings. The van der Waals surface area contributed by atoms with E-state index in [1.165, 1.54) is 16.8 Å². The number of rotatable bonds is 5. The van der Waals surface area contributed by atoms with E-state index in [9.17, 15) is 9.59 Å². The summed E-state index contributed by atoms with van der Waals surface area (Å²) in [5, 5.41) is 0. The topological polar surface area (TPSA) is 53.1 Å². The zero-order chi connectivity index (χ0) is 22.0. The molecule has 0 N–H and O–H groups in total. The summed E-state index contributed by atoms with van der Waals surface area (Å²) in [6.45, 7) is 10.3. The predicted octanol–water partition coefficient (Wildman–Crippen LogP) is 3.40. The Hall–Kier alpha value is -3.02. The number of ether oxygens (including phenoxy) is 1. The maximum atomic E-state index is 13.1. The molecule has 2 saturated heterocycles. The van der Waals surface area contributed by atoms with Crippen LogP contribution in [-0.2, 0) is 9.59 Å². The van der Waals surface area contributed by atoms with Crippen LogP contribution in [0, 0.1) is 19.8 Å². The predicted molar refractivity (Wildman–Crippen MR) is 123 cm³/mol. The molecule has 2 aromatic rings. The highest BCUT2D eigenvalue weighted by Crippen LogP contribution is 2.29. The summed E-state index contributed by atoms with van der Waals surface area (Å²) < 4.78 is 5.48. The van der Waals surface area contributed by atoms with Gasteiger partial charge in [-0.25, -0.2) is 0 Å². The van der Waals surface area contributed by atoms with Crippen LogP contribution in [0.2, 0.25) is 0 Å². The Bertz CT molecular complexity index is 949. The molecule has 2 heterocycles. The van der Waals surface area contributed by atoms with Gasteiger partial charge in [0.1, 0.15) is 5.75 Å². The van der Waals surface area contributed by atoms with E-state index in [0.29, 0.717) is 26.2 Å². The van der Waals surface area contributed by atoms with Crippen molar-refractivity contribution in [2.75, 3.05) is 49.1 Å². The van der Waals surface area contributed by atoms with E-state index >= 15 is 0 Å². The number of carbonyl (C=O) groups excluding carboxylic acids is 2. The molecule has 4 rings (SSSR count). The molecule has 1 atom stereocenters. The molecule has 0 saturated carbocycles. The molecule has 164 valence electrons. The van der Waals surface area contributed by atoms with Gasteiger partial charge in [-0.05, 0) is 62.2 Å². The van der Waals surface area contributed by atoms with Crippen molar-refractivity contribution in [3.05, 3.63) is 53.6 Å². The molecular weight excluding hydrogens is 390 g/mol. The zero-order valence-electron chi connectivity index (χ0n) is 18.6. The van der Waals surface area contributed by atoms with Crippen molar-refractivity contribution in [3.63, 3.8) is 0 Å². The Labute approximate surface area is 184 Å². The number of benzene rings is 2. The molecule has 0 unspecified atom stereocenters. The highest BCUT2D eigenvalue weighted by atomic mass is 16.5. The minimum Gasteiger partial charge on any atom is -0.494 e. The molecule has 0 aromatic heterocycles. The lowest BCUT2D eigenvalue weighted by Gasteiger charge is -2.38. The molecular formula is C25H31N3O3. The number of nitrogens with zero attached hydrogens (tertiary/aromatic N) is 3. The second-order valence-electron chi connectivity index (χ2n) is 8.36. The molecule has 2 aliphatic heterocycles. The van der Waals surface area contributed by atoms with Crippen LogP contribution in [0.5, 0.6) is 5.75 Å². The van der Waals surface area contributed by atoms with Gasteiger partial charge in [-0.2, -0.15) is 0 Å². The monoisotopic (exact) mass is 421 g/mol. The van der Waals surface area contributed by atoms with Crippen LogP contribution < -0.4 is 14.5 Å². The first-order chi connectivity index (χ1) is 15.0. The van der Waals surface area contributed by atoms with Crippen LogP contribution in [0.3, 0.4) is 0 Å². The first-order valence-electron chi connectivity index (χ1n) is 11.1. The highest BCUT2D eigenvalue weighted by Gasteiger charge is 2.38. The Morgan fingerprint density at radius 3 is 2.42 bits per heavy atom. The normalized spacial score (nSPS) is 19.1. The fraction of sp³-hybridized carbons (Fsp3) is 0.440. The number of carbonyl (C=O) groups is 2. The van der Waals surface area contributed by atoms with E-state index in [-0.39, 0.29) is 24.2 Å². The third-order valence-electron chi connectivity index (χ3n) is 6.44. The second kappa shape index (κ2) is 9.00. The van der Waals surface area contributed by atoms with Crippen molar-refractivity contribution in [1.29, 1.82) is 0 Å². The summed E-state index contributed by atoms with van der Waals surface area (Å²) in [5.74, 6) is 0.623. The third-order valence-corrected chi connectivity index (χ3v) is 6.44. The minimum atomic E-state index is -0.272. The Morgan fingerprint density at radius 2 is 1.74 bits per heavy atom. The van der Waals surface area contributed by atoms with Gasteiger partial charge in [0, 0.05) is 50.5 Å². The lowest BCUT2D eigenvalue weighted by atomic mass is 10.1. The smallest absolute Gasteiger partial charge is 0.228 e. The first kappa shape index (κ1) is 21.2. The van der Waals surface area contributed by atoms with E-state index in [0.717, 1.165) is 24.5 Å². The maximum Gasteiger partial charge on any atom is 0.228 e. The van der Waals surface area contributed by atoms with E-state index in [1.54, 1.807) is 4.90 Å². The largest absolute Gasteiger partial charge is 0.494 e. The fourth-order valence-corrected chi connectivity index (χ4v) is 4.52. The number of hydrogen-bond acceptors (Lipinski definition) is 4. The van der Waals surface area contributed by atoms with Crippen molar-refractivity contribution in [2.45, 2.75) is 27.2 Å². The van der Waals surface area contributed by atoms with Crippen LogP contribution in [-0.4, -0.2) is 56.0 Å². The first-order valence-corrected chi connectivity index (χ1v) is 11.1. The van der Waals surface area contributed by atoms with Crippen LogP contribution in [0.1, 0.15) is 24.5 Å². The van der Waals surface area contributed by atoms with Crippen LogP contribution in [0.25, 0.3) is 0 Å². The lowest BCUT2D eigenvalue weighted by molar-refractivity contribution is -0.136. The van der Waals surface area contributed by atoms with E-state index in [2.05, 4.69) is 36.9 Å². The Morgan fingerprint density at radius 1 is 1.03 bits per heavy atom. The summed E-state index contributed by atoms with van der Waals surface area (Å²) in [4.78, 5) is 31.8. The summed E-state index contributed by atoms with van der Waals surface area (Å²) >= 11 is 0. The summed E-state index contributed by atoms with van der Waals surface area (Å²) in [5.41, 5.74) is 4.66. The molecule has 6 nitrogen and oxygen atoms in total. The van der Waals surface area contributed by atoms with E-state index < -0.39 is 0 Å². The quantitative estimate of drug-likeness (QED) is 0.743. The SMILES string of the molecule is CCOc1ccc(N2C[C@H](C(=O)N3CCN(c4cccc(C)c4C)CC3)CC2=O)cc1. The number of amides is 2. The molecule has 0 radical (unpaired) electrons. The van der Waals surface area contributed by atoms with Gasteiger partial charge in [0.05, 0.1) is 12.5 Å². The fourth-order valence-electron chi connectivity index (χ4n) is 4.52. The van der Waals surface area contributed by atoms with Crippen molar-refractivity contribution in [2.24, 2.45) is 5.92 Å². The second-order valence-corrected chi connectivity index (χ2v) is 8.36. The lowest BCUT2D eigenvalue weighted by Crippen LogP contribution is -2.51.